The minimum Gasteiger partial charge on any atom is -0.428 e. The van der Waals surface area contributed by atoms with Crippen molar-refractivity contribution in [2.24, 2.45) is 5.92 Å². The van der Waals surface area contributed by atoms with Crippen LogP contribution < -0.4 is 5.32 Å². The molecule has 0 bridgehead atoms. The molecule has 0 radical (unpaired) electrons. The van der Waals surface area contributed by atoms with Crippen LogP contribution in [0.25, 0.3) is 5.57 Å². The van der Waals surface area contributed by atoms with E-state index in [0.717, 1.165) is 16.5 Å². The van der Waals surface area contributed by atoms with Gasteiger partial charge in [0.1, 0.15) is 5.76 Å². The van der Waals surface area contributed by atoms with Crippen LogP contribution in [-0.2, 0) is 20.7 Å². The van der Waals surface area contributed by atoms with Gasteiger partial charge in [0.05, 0.1) is 11.1 Å². The Bertz CT molecular complexity index is 694. The van der Waals surface area contributed by atoms with E-state index in [2.05, 4.69) is 28.2 Å². The highest BCUT2D eigenvalue weighted by atomic mass is 79.9. The number of carbonyl (C=O) groups is 2. The van der Waals surface area contributed by atoms with Gasteiger partial charge in [0.15, 0.2) is 0 Å². The maximum Gasteiger partial charge on any atom is 0.307 e. The monoisotopic (exact) mass is 379 g/mol. The molecule has 0 saturated carbocycles. The van der Waals surface area contributed by atoms with Crippen molar-refractivity contribution < 1.29 is 14.3 Å². The summed E-state index contributed by atoms with van der Waals surface area (Å²) in [6.07, 6.45) is 0.907. The van der Waals surface area contributed by atoms with Crippen molar-refractivity contribution >= 4 is 33.4 Å². The zero-order chi connectivity index (χ0) is 17.4. The number of esters is 1. The molecule has 1 heterocycles. The number of aryl methyl sites for hydroxylation is 1. The third-order valence-electron chi connectivity index (χ3n) is 4.41. The first-order valence-corrected chi connectivity index (χ1v) is 8.54. The normalized spacial score (nSPS) is 20.9. The summed E-state index contributed by atoms with van der Waals surface area (Å²) >= 11 is 3.54. The number of hydrogen-bond donors (Lipinski definition) is 1. The fraction of sp³-hybridized carbons (Fsp3) is 0.444. The van der Waals surface area contributed by atoms with E-state index in [1.54, 1.807) is 0 Å². The van der Waals surface area contributed by atoms with Crippen LogP contribution in [0.15, 0.2) is 28.4 Å². The molecule has 1 amide bonds. The van der Waals surface area contributed by atoms with Gasteiger partial charge in [-0.15, -0.1) is 0 Å². The molecular weight excluding hydrogens is 358 g/mol. The predicted molar refractivity (Wildman–Crippen MR) is 93.6 cm³/mol. The van der Waals surface area contributed by atoms with E-state index in [1.807, 2.05) is 39.0 Å². The first-order valence-electron chi connectivity index (χ1n) is 7.75. The Morgan fingerprint density at radius 1 is 1.39 bits per heavy atom. The van der Waals surface area contributed by atoms with E-state index in [0.29, 0.717) is 11.3 Å². The second-order valence-corrected chi connectivity index (χ2v) is 7.13. The van der Waals surface area contributed by atoms with Gasteiger partial charge in [-0.05, 0) is 30.9 Å². The van der Waals surface area contributed by atoms with E-state index in [-0.39, 0.29) is 11.8 Å². The molecule has 1 aliphatic rings. The molecule has 0 spiro atoms. The smallest absolute Gasteiger partial charge is 0.307 e. The van der Waals surface area contributed by atoms with Crippen molar-refractivity contribution in [2.75, 3.05) is 0 Å². The highest BCUT2D eigenvalue weighted by Crippen LogP contribution is 2.40. The van der Waals surface area contributed by atoms with E-state index in [9.17, 15) is 9.59 Å². The molecule has 1 N–H and O–H groups in total. The van der Waals surface area contributed by atoms with Gasteiger partial charge in [-0.3, -0.25) is 9.59 Å². The number of hydrogen-bond acceptors (Lipinski definition) is 3. The summed E-state index contributed by atoms with van der Waals surface area (Å²) in [6.45, 7) is 9.28. The van der Waals surface area contributed by atoms with Gasteiger partial charge in [0.25, 0.3) is 5.91 Å². The Kier molecular flexibility index (Phi) is 4.99. The summed E-state index contributed by atoms with van der Waals surface area (Å²) in [4.78, 5) is 24.2. The minimum atomic E-state index is -0.707. The van der Waals surface area contributed by atoms with Crippen molar-refractivity contribution in [2.45, 2.75) is 46.6 Å². The van der Waals surface area contributed by atoms with E-state index in [1.165, 1.54) is 12.5 Å². The Labute approximate surface area is 145 Å². The largest absolute Gasteiger partial charge is 0.428 e. The van der Waals surface area contributed by atoms with Crippen LogP contribution in [0.1, 0.15) is 45.7 Å². The topological polar surface area (TPSA) is 55.4 Å². The summed E-state index contributed by atoms with van der Waals surface area (Å²) in [5, 5.41) is 2.98. The lowest BCUT2D eigenvalue weighted by atomic mass is 9.86. The van der Waals surface area contributed by atoms with Crippen LogP contribution in [0.2, 0.25) is 0 Å². The van der Waals surface area contributed by atoms with Crippen molar-refractivity contribution in [3.8, 4) is 0 Å². The lowest BCUT2D eigenvalue weighted by Crippen LogP contribution is -2.46. The van der Waals surface area contributed by atoms with Gasteiger partial charge in [0, 0.05) is 17.0 Å². The lowest BCUT2D eigenvalue weighted by Gasteiger charge is -2.31. The van der Waals surface area contributed by atoms with Gasteiger partial charge in [-0.2, -0.15) is 0 Å². The van der Waals surface area contributed by atoms with Gasteiger partial charge in [-0.25, -0.2) is 0 Å². The molecule has 124 valence electrons. The highest BCUT2D eigenvalue weighted by Gasteiger charge is 2.46. The molecular formula is C18H22BrNO3. The molecule has 0 aliphatic carbocycles. The molecule has 0 fully saturated rings. The molecule has 1 aliphatic heterocycles. The van der Waals surface area contributed by atoms with Crippen LogP contribution in [0.3, 0.4) is 0 Å². The summed E-state index contributed by atoms with van der Waals surface area (Å²) in [5.74, 6) is -0.175. The van der Waals surface area contributed by atoms with Crippen molar-refractivity contribution in [3.63, 3.8) is 0 Å². The molecule has 5 heteroatoms. The van der Waals surface area contributed by atoms with Crippen LogP contribution in [0.5, 0.6) is 0 Å². The molecule has 2 rings (SSSR count). The Hall–Kier alpha value is -1.62. The molecule has 0 aromatic heterocycles. The first kappa shape index (κ1) is 17.7. The van der Waals surface area contributed by atoms with Crippen LogP contribution >= 0.6 is 15.9 Å². The van der Waals surface area contributed by atoms with Gasteiger partial charge in [0.2, 0.25) is 0 Å². The second-order valence-electron chi connectivity index (χ2n) is 6.28. The summed E-state index contributed by atoms with van der Waals surface area (Å²) < 4.78 is 6.29. The fourth-order valence-corrected chi connectivity index (χ4v) is 3.28. The molecule has 23 heavy (non-hydrogen) atoms. The third-order valence-corrected chi connectivity index (χ3v) is 5.07. The Morgan fingerprint density at radius 2 is 2.04 bits per heavy atom. The van der Waals surface area contributed by atoms with Crippen molar-refractivity contribution in [1.82, 2.24) is 5.32 Å². The average Bonchev–Trinajstić information content (AvgIpc) is 2.71. The molecule has 1 atom stereocenters. The number of amides is 1. The third kappa shape index (κ3) is 3.20. The maximum absolute atomic E-state index is 12.6. The SMILES string of the molecule is CCc1ccc(C2=C(OC(C)=O)C(C)(C(C)C)NC2=O)c(Br)c1. The van der Waals surface area contributed by atoms with Crippen LogP contribution in [-0.4, -0.2) is 17.4 Å². The number of carbonyl (C=O) groups excluding carboxylic acids is 2. The number of rotatable bonds is 4. The highest BCUT2D eigenvalue weighted by molar-refractivity contribution is 9.10. The minimum absolute atomic E-state index is 0.0759. The quantitative estimate of drug-likeness (QED) is 0.808. The number of nitrogens with one attached hydrogen (secondary N) is 1. The Morgan fingerprint density at radius 3 is 2.52 bits per heavy atom. The van der Waals surface area contributed by atoms with Crippen LogP contribution in [0, 0.1) is 5.92 Å². The standard InChI is InChI=1S/C18H22BrNO3/c1-6-12-7-8-13(14(19)9-12)15-16(23-11(4)21)18(5,10(2)3)20-17(15)22/h7-10H,6H2,1-5H3,(H,20,22). The van der Waals surface area contributed by atoms with Crippen molar-refractivity contribution in [3.05, 3.63) is 39.6 Å². The summed E-state index contributed by atoms with van der Waals surface area (Å²) in [7, 11) is 0. The van der Waals surface area contributed by atoms with Gasteiger partial charge >= 0.3 is 5.97 Å². The van der Waals surface area contributed by atoms with Gasteiger partial charge < -0.3 is 10.1 Å². The number of benzene rings is 1. The maximum atomic E-state index is 12.6. The average molecular weight is 380 g/mol. The van der Waals surface area contributed by atoms with E-state index < -0.39 is 11.5 Å². The first-order chi connectivity index (χ1) is 10.7. The summed E-state index contributed by atoms with van der Waals surface area (Å²) in [5.41, 5.74) is 1.62. The molecule has 1 unspecified atom stereocenters. The molecule has 0 saturated heterocycles. The zero-order valence-electron chi connectivity index (χ0n) is 14.1. The number of halogens is 1. The van der Waals surface area contributed by atoms with Gasteiger partial charge in [-0.1, -0.05) is 48.8 Å². The fourth-order valence-electron chi connectivity index (χ4n) is 2.65. The van der Waals surface area contributed by atoms with E-state index >= 15 is 0 Å². The number of ether oxygens (including phenoxy) is 1. The Balaban J connectivity index is 2.67. The second kappa shape index (κ2) is 6.48. The molecule has 1 aromatic rings. The predicted octanol–water partition coefficient (Wildman–Crippen LogP) is 3.83. The van der Waals surface area contributed by atoms with E-state index in [4.69, 9.17) is 4.74 Å². The molecule has 4 nitrogen and oxygen atoms in total. The lowest BCUT2D eigenvalue weighted by molar-refractivity contribution is -0.138. The zero-order valence-corrected chi connectivity index (χ0v) is 15.7. The molecule has 1 aromatic carbocycles. The summed E-state index contributed by atoms with van der Waals surface area (Å²) in [6, 6.07) is 5.87. The van der Waals surface area contributed by atoms with Crippen molar-refractivity contribution in [1.29, 1.82) is 0 Å². The van der Waals surface area contributed by atoms with Crippen LogP contribution in [0.4, 0.5) is 0 Å².